The number of fused-ring (bicyclic) bond motifs is 1. The molecule has 6 nitrogen and oxygen atoms in total. The number of rotatable bonds is 5. The molecule has 0 bridgehead atoms. The van der Waals surface area contributed by atoms with Crippen molar-refractivity contribution in [2.75, 3.05) is 43.4 Å². The van der Waals surface area contributed by atoms with Gasteiger partial charge in [0.25, 0.3) is 0 Å². The number of carbonyl (C=O) groups excluding carboxylic acids is 2. The fraction of sp³-hybridized carbons (Fsp3) is 0.462. The number of alkyl halides is 3. The lowest BCUT2D eigenvalue weighted by molar-refractivity contribution is -0.137. The molecule has 0 radical (unpaired) electrons. The van der Waals surface area contributed by atoms with Crippen LogP contribution in [-0.4, -0.2) is 49.9 Å². The minimum Gasteiger partial charge on any atom is -0.374 e. The van der Waals surface area contributed by atoms with Crippen LogP contribution >= 0.6 is 0 Å². The lowest BCUT2D eigenvalue weighted by Gasteiger charge is -2.36. The second-order valence-electron chi connectivity index (χ2n) is 9.27. The van der Waals surface area contributed by atoms with Crippen molar-refractivity contribution < 1.29 is 22.8 Å². The van der Waals surface area contributed by atoms with Crippen molar-refractivity contribution in [2.45, 2.75) is 44.3 Å². The number of nitrogens with zero attached hydrogens (tertiary/aromatic N) is 2. The number of hydrogen-bond donors (Lipinski definition) is 2. The van der Waals surface area contributed by atoms with Crippen LogP contribution in [-0.2, 0) is 22.2 Å². The number of benzene rings is 2. The van der Waals surface area contributed by atoms with E-state index in [4.69, 9.17) is 0 Å². The molecule has 1 saturated heterocycles. The van der Waals surface area contributed by atoms with Gasteiger partial charge < -0.3 is 15.5 Å². The third-order valence-corrected chi connectivity index (χ3v) is 6.78. The molecule has 2 aliphatic heterocycles. The quantitative estimate of drug-likeness (QED) is 0.614. The summed E-state index contributed by atoms with van der Waals surface area (Å²) in [7, 11) is 2.09. The minimum atomic E-state index is -4.53. The van der Waals surface area contributed by atoms with Crippen molar-refractivity contribution in [3.05, 3.63) is 59.2 Å². The zero-order valence-electron chi connectivity index (χ0n) is 19.8. The number of aryl methyl sites for hydroxylation is 1. The van der Waals surface area contributed by atoms with Crippen LogP contribution in [0.5, 0.6) is 0 Å². The Kier molecular flexibility index (Phi) is 7.64. The van der Waals surface area contributed by atoms with Crippen LogP contribution in [0.2, 0.25) is 0 Å². The molecule has 9 heteroatoms. The lowest BCUT2D eigenvalue weighted by Crippen LogP contribution is -2.43. The van der Waals surface area contributed by atoms with Gasteiger partial charge in [0.1, 0.15) is 0 Å². The highest BCUT2D eigenvalue weighted by atomic mass is 19.4. The van der Waals surface area contributed by atoms with Crippen LogP contribution in [0.3, 0.4) is 0 Å². The lowest BCUT2D eigenvalue weighted by atomic mass is 9.95. The molecule has 2 aliphatic rings. The van der Waals surface area contributed by atoms with Gasteiger partial charge in [-0.3, -0.25) is 14.5 Å². The summed E-state index contributed by atoms with van der Waals surface area (Å²) >= 11 is 0. The van der Waals surface area contributed by atoms with Crippen LogP contribution in [0.25, 0.3) is 0 Å². The number of hydrogen-bond acceptors (Lipinski definition) is 4. The summed E-state index contributed by atoms with van der Waals surface area (Å²) in [6.07, 6.45) is 0.889. The molecule has 1 atom stereocenters. The first-order valence-electron chi connectivity index (χ1n) is 12.1. The van der Waals surface area contributed by atoms with Gasteiger partial charge in [0.15, 0.2) is 0 Å². The van der Waals surface area contributed by atoms with Crippen LogP contribution in [0.15, 0.2) is 42.5 Å². The van der Waals surface area contributed by atoms with Gasteiger partial charge in [-0.05, 0) is 74.2 Å². The van der Waals surface area contributed by atoms with Crippen LogP contribution in [0.1, 0.15) is 48.4 Å². The standard InChI is InChI=1S/C26H31F3N4O2/c1-32-12-6-7-18-15-19(10-11-22(18)32)23(33-13-3-2-4-14-33)17-30-24(34)25(35)31-21-9-5-8-20(16-21)26(27,28)29/h5,8-11,15-16,23H,2-4,6-7,12-14,17H2,1H3,(H,30,34)(H,31,35). The molecule has 2 aromatic rings. The predicted molar refractivity (Wildman–Crippen MR) is 129 cm³/mol. The van der Waals surface area contributed by atoms with Gasteiger partial charge in [0.2, 0.25) is 0 Å². The molecule has 35 heavy (non-hydrogen) atoms. The highest BCUT2D eigenvalue weighted by molar-refractivity contribution is 6.39. The summed E-state index contributed by atoms with van der Waals surface area (Å²) in [4.78, 5) is 29.5. The summed E-state index contributed by atoms with van der Waals surface area (Å²) in [6.45, 7) is 3.09. The Balaban J connectivity index is 1.45. The van der Waals surface area contributed by atoms with Crippen molar-refractivity contribution in [3.8, 4) is 0 Å². The maximum atomic E-state index is 12.9. The third kappa shape index (κ3) is 6.14. The van der Waals surface area contributed by atoms with Crippen molar-refractivity contribution in [1.82, 2.24) is 10.2 Å². The number of likely N-dealkylation sites (tertiary alicyclic amines) is 1. The third-order valence-electron chi connectivity index (χ3n) is 6.78. The van der Waals surface area contributed by atoms with E-state index < -0.39 is 23.6 Å². The van der Waals surface area contributed by atoms with Gasteiger partial charge in [-0.25, -0.2) is 0 Å². The Hall–Kier alpha value is -3.07. The van der Waals surface area contributed by atoms with Gasteiger partial charge in [0.05, 0.1) is 11.6 Å². The molecule has 1 fully saturated rings. The topological polar surface area (TPSA) is 64.7 Å². The first kappa shape index (κ1) is 25.0. The zero-order valence-corrected chi connectivity index (χ0v) is 19.8. The number of nitrogens with one attached hydrogen (secondary N) is 2. The summed E-state index contributed by atoms with van der Waals surface area (Å²) < 4.78 is 38.8. The highest BCUT2D eigenvalue weighted by Gasteiger charge is 2.31. The van der Waals surface area contributed by atoms with E-state index in [1.54, 1.807) is 0 Å². The van der Waals surface area contributed by atoms with Gasteiger partial charge >= 0.3 is 18.0 Å². The van der Waals surface area contributed by atoms with Crippen molar-refractivity contribution >= 4 is 23.2 Å². The van der Waals surface area contributed by atoms with Crippen LogP contribution < -0.4 is 15.5 Å². The summed E-state index contributed by atoms with van der Waals surface area (Å²) in [6, 6.07) is 10.6. The second-order valence-corrected chi connectivity index (χ2v) is 9.27. The maximum absolute atomic E-state index is 12.9. The Morgan fingerprint density at radius 2 is 1.74 bits per heavy atom. The molecule has 1 unspecified atom stereocenters. The van der Waals surface area contributed by atoms with Gasteiger partial charge in [-0.15, -0.1) is 0 Å². The summed E-state index contributed by atoms with van der Waals surface area (Å²) in [5, 5.41) is 4.98. The molecule has 2 N–H and O–H groups in total. The number of piperidine rings is 1. The highest BCUT2D eigenvalue weighted by Crippen LogP contribution is 2.32. The van der Waals surface area contributed by atoms with Gasteiger partial charge in [-0.1, -0.05) is 24.6 Å². The Bertz CT molecular complexity index is 1070. The molecule has 188 valence electrons. The number of amides is 2. The number of carbonyl (C=O) groups is 2. The van der Waals surface area contributed by atoms with Crippen molar-refractivity contribution in [3.63, 3.8) is 0 Å². The minimum absolute atomic E-state index is 0.0774. The van der Waals surface area contributed by atoms with Crippen molar-refractivity contribution in [2.24, 2.45) is 0 Å². The Morgan fingerprint density at radius 1 is 0.971 bits per heavy atom. The second kappa shape index (κ2) is 10.7. The largest absolute Gasteiger partial charge is 0.416 e. The van der Waals surface area contributed by atoms with E-state index in [1.807, 2.05) is 0 Å². The molecular formula is C26H31F3N4O2. The van der Waals surface area contributed by atoms with Gasteiger partial charge in [-0.2, -0.15) is 13.2 Å². The predicted octanol–water partition coefficient (Wildman–Crippen LogP) is 4.37. The normalized spacial score (nSPS) is 17.4. The molecule has 2 aromatic carbocycles. The van der Waals surface area contributed by atoms with E-state index in [-0.39, 0.29) is 18.3 Å². The van der Waals surface area contributed by atoms with E-state index >= 15 is 0 Å². The Morgan fingerprint density at radius 3 is 2.49 bits per heavy atom. The molecule has 0 spiro atoms. The molecular weight excluding hydrogens is 457 g/mol. The average molecular weight is 489 g/mol. The fourth-order valence-electron chi connectivity index (χ4n) is 4.93. The first-order chi connectivity index (χ1) is 16.7. The van der Waals surface area contributed by atoms with E-state index in [0.717, 1.165) is 63.0 Å². The molecule has 0 saturated carbocycles. The SMILES string of the molecule is CN1CCCc2cc(C(CNC(=O)C(=O)Nc3cccc(C(F)(F)F)c3)N3CCCCC3)ccc21. The smallest absolute Gasteiger partial charge is 0.374 e. The zero-order chi connectivity index (χ0) is 25.0. The van der Waals surface area contributed by atoms with Crippen molar-refractivity contribution in [1.29, 1.82) is 0 Å². The molecule has 4 rings (SSSR count). The molecule has 0 aromatic heterocycles. The molecule has 0 aliphatic carbocycles. The maximum Gasteiger partial charge on any atom is 0.416 e. The average Bonchev–Trinajstić information content (AvgIpc) is 2.84. The summed E-state index contributed by atoms with van der Waals surface area (Å²) in [5.74, 6) is -1.86. The fourth-order valence-corrected chi connectivity index (χ4v) is 4.93. The van der Waals surface area contributed by atoms with Crippen LogP contribution in [0.4, 0.5) is 24.5 Å². The number of halogens is 3. The summed E-state index contributed by atoms with van der Waals surface area (Å²) in [5.41, 5.74) is 2.64. The molecule has 2 amide bonds. The van der Waals surface area contributed by atoms with Crippen LogP contribution in [0, 0.1) is 0 Å². The van der Waals surface area contributed by atoms with E-state index in [9.17, 15) is 22.8 Å². The molecule has 2 heterocycles. The van der Waals surface area contributed by atoms with E-state index in [1.165, 1.54) is 29.8 Å². The number of anilines is 2. The van der Waals surface area contributed by atoms with Gasteiger partial charge in [0, 0.05) is 31.5 Å². The first-order valence-corrected chi connectivity index (χ1v) is 12.1. The monoisotopic (exact) mass is 488 g/mol. The van der Waals surface area contributed by atoms with E-state index in [0.29, 0.717) is 0 Å². The Labute approximate surface area is 203 Å². The van der Waals surface area contributed by atoms with E-state index in [2.05, 4.69) is 45.7 Å².